The second-order valence-electron chi connectivity index (χ2n) is 6.00. The minimum Gasteiger partial charge on any atom is -0.493 e. The third-order valence-electron chi connectivity index (χ3n) is 4.00. The molecule has 1 heterocycles. The first-order chi connectivity index (χ1) is 14.4. The van der Waals surface area contributed by atoms with Gasteiger partial charge in [0.15, 0.2) is 22.4 Å². The van der Waals surface area contributed by atoms with E-state index in [0.717, 1.165) is 0 Å². The topological polar surface area (TPSA) is 65.1 Å². The van der Waals surface area contributed by atoms with Crippen molar-refractivity contribution < 1.29 is 23.8 Å². The number of thiocarbonyl (C=S) groups is 1. The number of methoxy groups -OCH3 is 1. The van der Waals surface area contributed by atoms with Gasteiger partial charge in [0.2, 0.25) is 0 Å². The molecule has 0 atom stereocenters. The number of nitrogens with zero attached hydrogens (tertiary/aromatic N) is 1. The van der Waals surface area contributed by atoms with Crippen molar-refractivity contribution in [1.82, 2.24) is 0 Å². The second kappa shape index (κ2) is 9.97. The summed E-state index contributed by atoms with van der Waals surface area (Å²) in [7, 11) is 1.50. The van der Waals surface area contributed by atoms with E-state index >= 15 is 0 Å². The van der Waals surface area contributed by atoms with Gasteiger partial charge < -0.3 is 14.2 Å². The zero-order valence-corrected chi connectivity index (χ0v) is 18.6. The van der Waals surface area contributed by atoms with Crippen LogP contribution in [0.25, 0.3) is 6.08 Å². The van der Waals surface area contributed by atoms with Gasteiger partial charge in [0.05, 0.1) is 24.3 Å². The van der Waals surface area contributed by atoms with Crippen LogP contribution in [-0.4, -0.2) is 36.5 Å². The molecule has 156 valence electrons. The number of amides is 1. The molecule has 0 spiro atoms. The molecule has 0 saturated carbocycles. The molecule has 30 heavy (non-hydrogen) atoms. The lowest BCUT2D eigenvalue weighted by molar-refractivity contribution is -0.145. The molecule has 0 aliphatic carbocycles. The number of hydrogen-bond acceptors (Lipinski definition) is 7. The third kappa shape index (κ3) is 5.13. The standard InChI is InChI=1S/C21H18ClNO5S2/c1-3-27-19(24)12-28-17-9-13(7-8-16(17)26-2)10-18-20(25)23(21(29)30-18)15-6-4-5-14(22)11-15/h4-11H,3,12H2,1-2H3/b18-10+. The highest BCUT2D eigenvalue weighted by molar-refractivity contribution is 8.27. The van der Waals surface area contributed by atoms with Gasteiger partial charge >= 0.3 is 5.97 Å². The Labute approximate surface area is 188 Å². The van der Waals surface area contributed by atoms with E-state index in [-0.39, 0.29) is 19.1 Å². The van der Waals surface area contributed by atoms with Gasteiger partial charge in [-0.1, -0.05) is 47.7 Å². The highest BCUT2D eigenvalue weighted by Gasteiger charge is 2.33. The zero-order valence-electron chi connectivity index (χ0n) is 16.2. The summed E-state index contributed by atoms with van der Waals surface area (Å²) in [5, 5.41) is 0.518. The molecule has 1 saturated heterocycles. The molecule has 9 heteroatoms. The van der Waals surface area contributed by atoms with Crippen LogP contribution < -0.4 is 14.4 Å². The third-order valence-corrected chi connectivity index (χ3v) is 5.53. The minimum absolute atomic E-state index is 0.239. The van der Waals surface area contributed by atoms with E-state index in [0.29, 0.717) is 37.0 Å². The highest BCUT2D eigenvalue weighted by atomic mass is 35.5. The Morgan fingerprint density at radius 3 is 2.73 bits per heavy atom. The summed E-state index contributed by atoms with van der Waals surface area (Å²) in [6.07, 6.45) is 1.71. The first-order valence-corrected chi connectivity index (χ1v) is 10.5. The summed E-state index contributed by atoms with van der Waals surface area (Å²) < 4.78 is 16.1. The van der Waals surface area contributed by atoms with Gasteiger partial charge in [-0.2, -0.15) is 0 Å². The lowest BCUT2D eigenvalue weighted by Crippen LogP contribution is -2.27. The average Bonchev–Trinajstić information content (AvgIpc) is 2.99. The number of benzene rings is 2. The molecular formula is C21H18ClNO5S2. The van der Waals surface area contributed by atoms with Gasteiger partial charge in [0.1, 0.15) is 0 Å². The Bertz CT molecular complexity index is 1020. The van der Waals surface area contributed by atoms with E-state index in [4.69, 9.17) is 38.0 Å². The van der Waals surface area contributed by atoms with E-state index in [1.54, 1.807) is 55.5 Å². The van der Waals surface area contributed by atoms with Crippen LogP contribution >= 0.6 is 35.6 Å². The molecule has 6 nitrogen and oxygen atoms in total. The molecule has 0 N–H and O–H groups in total. The Morgan fingerprint density at radius 2 is 2.03 bits per heavy atom. The lowest BCUT2D eigenvalue weighted by Gasteiger charge is -2.14. The summed E-state index contributed by atoms with van der Waals surface area (Å²) in [6, 6.07) is 12.1. The maximum Gasteiger partial charge on any atom is 0.344 e. The first-order valence-electron chi connectivity index (χ1n) is 8.93. The normalized spacial score (nSPS) is 14.9. The fraction of sp³-hybridized carbons (Fsp3) is 0.190. The van der Waals surface area contributed by atoms with E-state index in [1.165, 1.54) is 23.8 Å². The van der Waals surface area contributed by atoms with Gasteiger partial charge in [-0.25, -0.2) is 4.79 Å². The van der Waals surface area contributed by atoms with Gasteiger partial charge in [0.25, 0.3) is 5.91 Å². The number of esters is 1. The summed E-state index contributed by atoms with van der Waals surface area (Å²) in [5.74, 6) is 0.108. The largest absolute Gasteiger partial charge is 0.493 e. The van der Waals surface area contributed by atoms with Crippen molar-refractivity contribution in [3.63, 3.8) is 0 Å². The van der Waals surface area contributed by atoms with Gasteiger partial charge in [0, 0.05) is 5.02 Å². The van der Waals surface area contributed by atoms with Crippen LogP contribution in [-0.2, 0) is 14.3 Å². The zero-order chi connectivity index (χ0) is 21.7. The summed E-state index contributed by atoms with van der Waals surface area (Å²) in [5.41, 5.74) is 1.31. The van der Waals surface area contributed by atoms with Crippen LogP contribution in [0, 0.1) is 0 Å². The van der Waals surface area contributed by atoms with Crippen molar-refractivity contribution in [2.24, 2.45) is 0 Å². The highest BCUT2D eigenvalue weighted by Crippen LogP contribution is 2.37. The predicted molar refractivity (Wildman–Crippen MR) is 122 cm³/mol. The van der Waals surface area contributed by atoms with Crippen molar-refractivity contribution >= 4 is 63.5 Å². The number of carbonyl (C=O) groups is 2. The SMILES string of the molecule is CCOC(=O)COc1cc(/C=C2/SC(=S)N(c3cccc(Cl)c3)C2=O)ccc1OC. The summed E-state index contributed by atoms with van der Waals surface area (Å²) >= 11 is 12.6. The molecule has 0 bridgehead atoms. The summed E-state index contributed by atoms with van der Waals surface area (Å²) in [4.78, 5) is 26.4. The van der Waals surface area contributed by atoms with Crippen LogP contribution in [0.5, 0.6) is 11.5 Å². The maximum absolute atomic E-state index is 12.9. The Kier molecular flexibility index (Phi) is 7.36. The average molecular weight is 464 g/mol. The maximum atomic E-state index is 12.9. The molecule has 0 aromatic heterocycles. The number of anilines is 1. The van der Waals surface area contributed by atoms with Crippen LogP contribution in [0.15, 0.2) is 47.4 Å². The fourth-order valence-electron chi connectivity index (χ4n) is 2.69. The number of ether oxygens (including phenoxy) is 3. The Morgan fingerprint density at radius 1 is 1.23 bits per heavy atom. The van der Waals surface area contributed by atoms with Crippen molar-refractivity contribution in [3.8, 4) is 11.5 Å². The van der Waals surface area contributed by atoms with Gasteiger partial charge in [-0.3, -0.25) is 9.69 Å². The van der Waals surface area contributed by atoms with Crippen molar-refractivity contribution in [1.29, 1.82) is 0 Å². The molecule has 1 fully saturated rings. The fourth-order valence-corrected chi connectivity index (χ4v) is 4.18. The number of carbonyl (C=O) groups excluding carboxylic acids is 2. The van der Waals surface area contributed by atoms with Crippen LogP contribution in [0.4, 0.5) is 5.69 Å². The van der Waals surface area contributed by atoms with Crippen LogP contribution in [0.1, 0.15) is 12.5 Å². The number of hydrogen-bond donors (Lipinski definition) is 0. The molecular weight excluding hydrogens is 446 g/mol. The molecule has 0 radical (unpaired) electrons. The molecule has 3 rings (SSSR count). The molecule has 2 aromatic carbocycles. The monoisotopic (exact) mass is 463 g/mol. The second-order valence-corrected chi connectivity index (χ2v) is 8.11. The van der Waals surface area contributed by atoms with Crippen molar-refractivity contribution in [3.05, 3.63) is 58.0 Å². The Balaban J connectivity index is 1.84. The van der Waals surface area contributed by atoms with Gasteiger partial charge in [-0.05, 0) is 48.9 Å². The van der Waals surface area contributed by atoms with E-state index in [2.05, 4.69) is 0 Å². The smallest absolute Gasteiger partial charge is 0.344 e. The van der Waals surface area contributed by atoms with Crippen molar-refractivity contribution in [2.75, 3.05) is 25.2 Å². The summed E-state index contributed by atoms with van der Waals surface area (Å²) in [6.45, 7) is 1.75. The first kappa shape index (κ1) is 22.1. The molecule has 1 aliphatic rings. The van der Waals surface area contributed by atoms with Crippen molar-refractivity contribution in [2.45, 2.75) is 6.92 Å². The van der Waals surface area contributed by atoms with Gasteiger partial charge in [-0.15, -0.1) is 0 Å². The van der Waals surface area contributed by atoms with Crippen LogP contribution in [0.3, 0.4) is 0 Å². The molecule has 1 aliphatic heterocycles. The van der Waals surface area contributed by atoms with Crippen LogP contribution in [0.2, 0.25) is 5.02 Å². The lowest BCUT2D eigenvalue weighted by atomic mass is 10.2. The number of halogens is 1. The minimum atomic E-state index is -0.479. The molecule has 1 amide bonds. The van der Waals surface area contributed by atoms with E-state index in [1.807, 2.05) is 0 Å². The molecule has 2 aromatic rings. The predicted octanol–water partition coefficient (Wildman–Crippen LogP) is 4.70. The quantitative estimate of drug-likeness (QED) is 0.335. The number of rotatable bonds is 7. The van der Waals surface area contributed by atoms with E-state index < -0.39 is 5.97 Å². The Hall–Kier alpha value is -2.55. The number of thioether (sulfide) groups is 1. The molecule has 0 unspecified atom stereocenters. The van der Waals surface area contributed by atoms with E-state index in [9.17, 15) is 9.59 Å².